The zero-order valence-electron chi connectivity index (χ0n) is 16.3. The third kappa shape index (κ3) is 5.89. The van der Waals surface area contributed by atoms with Crippen molar-refractivity contribution in [3.05, 3.63) is 0 Å². The average molecular weight is 362 g/mol. The lowest BCUT2D eigenvalue weighted by Gasteiger charge is -2.37. The molecule has 0 spiro atoms. The number of nitrogens with one attached hydrogen (secondary N) is 2. The number of hydrogen-bond donors (Lipinski definition) is 2. The molecular weight excluding hydrogens is 330 g/mol. The van der Waals surface area contributed by atoms with Gasteiger partial charge in [-0.15, -0.1) is 0 Å². The van der Waals surface area contributed by atoms with Crippen LogP contribution < -0.4 is 10.6 Å². The van der Waals surface area contributed by atoms with Crippen LogP contribution in [0.1, 0.15) is 54.9 Å². The summed E-state index contributed by atoms with van der Waals surface area (Å²) in [6.45, 7) is 12.9. The van der Waals surface area contributed by atoms with E-state index in [1.807, 2.05) is 0 Å². The van der Waals surface area contributed by atoms with Crippen molar-refractivity contribution in [2.45, 2.75) is 77.0 Å². The van der Waals surface area contributed by atoms with Crippen molar-refractivity contribution < 1.29 is 18.8 Å². The summed E-state index contributed by atoms with van der Waals surface area (Å²) in [4.78, 5) is 36.3. The van der Waals surface area contributed by atoms with E-state index in [9.17, 15) is 18.8 Å². The van der Waals surface area contributed by atoms with Crippen LogP contribution in [0.4, 0.5) is 4.39 Å². The number of alkyl halides is 1. The molecule has 0 aromatic carbocycles. The van der Waals surface area contributed by atoms with Gasteiger partial charge in [-0.25, -0.2) is 4.39 Å². The first kappa shape index (κ1) is 23.1. The minimum absolute atomic E-state index is 0.0370. The number of carbonyl (C=O) groups is 3. The third-order valence-electron chi connectivity index (χ3n) is 4.71. The van der Waals surface area contributed by atoms with E-state index in [4.69, 9.17) is 0 Å². The van der Waals surface area contributed by atoms with Gasteiger partial charge in [-0.1, -0.05) is 7.92 Å². The molecule has 0 aliphatic rings. The lowest BCUT2D eigenvalue weighted by atomic mass is 9.89. The fraction of sp³-hybridized carbons (Fsp3) is 0.824. The molecule has 0 aliphatic heterocycles. The Morgan fingerprint density at radius 2 is 1.54 bits per heavy atom. The van der Waals surface area contributed by atoms with Crippen LogP contribution in [0.25, 0.3) is 0 Å². The van der Waals surface area contributed by atoms with E-state index in [2.05, 4.69) is 10.6 Å². The molecule has 0 saturated heterocycles. The highest BCUT2D eigenvalue weighted by Crippen LogP contribution is 2.50. The van der Waals surface area contributed by atoms with Gasteiger partial charge < -0.3 is 10.6 Å². The normalized spacial score (nSPS) is 17.6. The van der Waals surface area contributed by atoms with Crippen LogP contribution >= 0.6 is 7.92 Å². The Morgan fingerprint density at radius 3 is 1.88 bits per heavy atom. The Morgan fingerprint density at radius 1 is 1.08 bits per heavy atom. The maximum Gasteiger partial charge on any atom is 0.258 e. The van der Waals surface area contributed by atoms with Crippen LogP contribution in [0.15, 0.2) is 0 Å². The van der Waals surface area contributed by atoms with Gasteiger partial charge in [-0.3, -0.25) is 14.4 Å². The SMILES string of the molecule is CNC(C)(C)CC(C)(F)C(=O)NC(C(C)=O)P(C)C(C)(C)C(C)=O. The molecule has 0 aliphatic carbocycles. The number of hydrogen-bond acceptors (Lipinski definition) is 4. The molecule has 24 heavy (non-hydrogen) atoms. The quantitative estimate of drug-likeness (QED) is 0.618. The highest BCUT2D eigenvalue weighted by molar-refractivity contribution is 7.61. The predicted molar refractivity (Wildman–Crippen MR) is 97.5 cm³/mol. The van der Waals surface area contributed by atoms with Crippen LogP contribution in [-0.2, 0) is 14.4 Å². The van der Waals surface area contributed by atoms with E-state index >= 15 is 0 Å². The first-order chi connectivity index (χ1) is 10.6. The van der Waals surface area contributed by atoms with Gasteiger partial charge in [0.2, 0.25) is 0 Å². The summed E-state index contributed by atoms with van der Waals surface area (Å²) in [7, 11) is 0.506. The molecule has 5 nitrogen and oxygen atoms in total. The molecule has 2 N–H and O–H groups in total. The zero-order chi connectivity index (χ0) is 19.5. The van der Waals surface area contributed by atoms with Crippen molar-refractivity contribution in [2.24, 2.45) is 0 Å². The second-order valence-electron chi connectivity index (χ2n) is 7.72. The molecule has 3 atom stereocenters. The van der Waals surface area contributed by atoms with Gasteiger partial charge >= 0.3 is 0 Å². The molecule has 3 unspecified atom stereocenters. The first-order valence-electron chi connectivity index (χ1n) is 8.01. The molecule has 140 valence electrons. The van der Waals surface area contributed by atoms with E-state index in [1.54, 1.807) is 41.4 Å². The van der Waals surface area contributed by atoms with E-state index in [0.717, 1.165) is 0 Å². The van der Waals surface area contributed by atoms with Crippen LogP contribution in [0, 0.1) is 0 Å². The molecule has 0 heterocycles. The number of Topliss-reactive ketones (excluding diaryl/α,β-unsaturated/α-hetero) is 2. The molecule has 0 rings (SSSR count). The lowest BCUT2D eigenvalue weighted by Crippen LogP contribution is -2.53. The van der Waals surface area contributed by atoms with E-state index in [-0.39, 0.29) is 18.0 Å². The first-order valence-corrected chi connectivity index (χ1v) is 9.87. The van der Waals surface area contributed by atoms with Gasteiger partial charge in [0.25, 0.3) is 5.91 Å². The molecule has 0 aromatic heterocycles. The molecule has 0 aromatic rings. The number of halogens is 1. The Balaban J connectivity index is 5.38. The fourth-order valence-electron chi connectivity index (χ4n) is 2.32. The van der Waals surface area contributed by atoms with E-state index in [0.29, 0.717) is 0 Å². The summed E-state index contributed by atoms with van der Waals surface area (Å²) in [5, 5.41) is 4.77. The summed E-state index contributed by atoms with van der Waals surface area (Å²) >= 11 is 0. The van der Waals surface area contributed by atoms with Gasteiger partial charge in [0, 0.05) is 17.1 Å². The van der Waals surface area contributed by atoms with Crippen LogP contribution in [0.3, 0.4) is 0 Å². The molecule has 7 heteroatoms. The Hall–Kier alpha value is -0.870. The van der Waals surface area contributed by atoms with Crippen molar-refractivity contribution in [1.29, 1.82) is 0 Å². The van der Waals surface area contributed by atoms with Crippen molar-refractivity contribution in [1.82, 2.24) is 10.6 Å². The van der Waals surface area contributed by atoms with Crippen LogP contribution in [0.5, 0.6) is 0 Å². The van der Waals surface area contributed by atoms with E-state index in [1.165, 1.54) is 20.8 Å². The summed E-state index contributed by atoms with van der Waals surface area (Å²) < 4.78 is 14.9. The highest BCUT2D eigenvalue weighted by atomic mass is 31.1. The standard InChI is InChI=1S/C17H32FN2O3P/c1-11(21)13(24(9)16(5,6)12(2)22)20-14(23)17(7,18)10-15(3,4)19-8/h13,19H,10H2,1-9H3,(H,20,23). The number of ketones is 2. The second kappa shape index (κ2) is 8.01. The minimum Gasteiger partial charge on any atom is -0.340 e. The van der Waals surface area contributed by atoms with Crippen LogP contribution in [-0.4, -0.2) is 53.3 Å². The molecule has 1 amide bonds. The van der Waals surface area contributed by atoms with Crippen molar-refractivity contribution in [3.8, 4) is 0 Å². The van der Waals surface area contributed by atoms with Gasteiger partial charge in [0.1, 0.15) is 11.6 Å². The third-order valence-corrected chi connectivity index (χ3v) is 8.05. The lowest BCUT2D eigenvalue weighted by molar-refractivity contribution is -0.135. The molecule has 0 saturated carbocycles. The largest absolute Gasteiger partial charge is 0.340 e. The predicted octanol–water partition coefficient (Wildman–Crippen LogP) is 2.61. The van der Waals surface area contributed by atoms with E-state index < -0.39 is 36.0 Å². The maximum atomic E-state index is 14.9. The second-order valence-corrected chi connectivity index (χ2v) is 10.6. The highest BCUT2D eigenvalue weighted by Gasteiger charge is 2.43. The number of rotatable bonds is 9. The number of carbonyl (C=O) groups excluding carboxylic acids is 3. The van der Waals surface area contributed by atoms with Crippen molar-refractivity contribution in [2.75, 3.05) is 13.7 Å². The monoisotopic (exact) mass is 362 g/mol. The summed E-state index contributed by atoms with van der Waals surface area (Å²) in [5.41, 5.74) is -2.70. The Bertz CT molecular complexity index is 504. The summed E-state index contributed by atoms with van der Waals surface area (Å²) in [6.07, 6.45) is -0.0370. The fourth-order valence-corrected chi connectivity index (χ4v) is 4.31. The van der Waals surface area contributed by atoms with Crippen molar-refractivity contribution >= 4 is 25.4 Å². The maximum absolute atomic E-state index is 14.9. The van der Waals surface area contributed by atoms with Gasteiger partial charge in [-0.2, -0.15) is 0 Å². The Labute approximate surface area is 146 Å². The molecular formula is C17H32FN2O3P. The molecule has 0 bridgehead atoms. The smallest absolute Gasteiger partial charge is 0.258 e. The van der Waals surface area contributed by atoms with Crippen LogP contribution in [0.2, 0.25) is 0 Å². The topological polar surface area (TPSA) is 75.3 Å². The minimum atomic E-state index is -2.13. The van der Waals surface area contributed by atoms with Gasteiger partial charge in [0.15, 0.2) is 11.5 Å². The van der Waals surface area contributed by atoms with Crippen molar-refractivity contribution in [3.63, 3.8) is 0 Å². The van der Waals surface area contributed by atoms with Gasteiger partial charge in [0.05, 0.1) is 0 Å². The molecule has 0 fully saturated rings. The zero-order valence-corrected chi connectivity index (χ0v) is 17.2. The summed E-state index contributed by atoms with van der Waals surface area (Å²) in [6, 6.07) is 0. The average Bonchev–Trinajstić information content (AvgIpc) is 2.41. The summed E-state index contributed by atoms with van der Waals surface area (Å²) in [5.74, 6) is -2.00. The molecule has 0 radical (unpaired) electrons. The van der Waals surface area contributed by atoms with Gasteiger partial charge in [-0.05, 0) is 62.2 Å². The number of amides is 1. The Kier molecular flexibility index (Phi) is 7.72.